The molecule has 0 aliphatic heterocycles. The Labute approximate surface area is 110 Å². The molecule has 0 saturated carbocycles. The molecule has 19 heavy (non-hydrogen) atoms. The lowest BCUT2D eigenvalue weighted by Crippen LogP contribution is -2.21. The summed E-state index contributed by atoms with van der Waals surface area (Å²) in [5.41, 5.74) is 1.03. The molecule has 0 aliphatic carbocycles. The van der Waals surface area contributed by atoms with E-state index in [0.717, 1.165) is 11.8 Å². The van der Waals surface area contributed by atoms with E-state index in [2.05, 4.69) is 15.6 Å². The van der Waals surface area contributed by atoms with E-state index in [-0.39, 0.29) is 12.1 Å². The lowest BCUT2D eigenvalue weighted by molar-refractivity contribution is 0.490. The summed E-state index contributed by atoms with van der Waals surface area (Å²) in [5, 5.41) is 11.1. The van der Waals surface area contributed by atoms with Crippen molar-refractivity contribution in [1.82, 2.24) is 20.3 Å². The summed E-state index contributed by atoms with van der Waals surface area (Å²) in [6.07, 6.45) is 1.72. The Morgan fingerprint density at radius 2 is 2.11 bits per heavy atom. The van der Waals surface area contributed by atoms with Crippen LogP contribution in [0.25, 0.3) is 0 Å². The van der Waals surface area contributed by atoms with Crippen LogP contribution in [0.4, 0.5) is 8.78 Å². The Bertz CT molecular complexity index is 551. The number of nitrogens with zero attached hydrogens (tertiary/aromatic N) is 3. The minimum atomic E-state index is -0.848. The van der Waals surface area contributed by atoms with Gasteiger partial charge >= 0.3 is 0 Å². The van der Waals surface area contributed by atoms with Crippen molar-refractivity contribution in [2.75, 3.05) is 0 Å². The number of benzene rings is 1. The molecule has 0 spiro atoms. The average molecular weight is 266 g/mol. The number of hydrogen-bond donors (Lipinski definition) is 1. The number of aromatic nitrogens is 3. The molecule has 0 saturated heterocycles. The number of rotatable bonds is 5. The highest BCUT2D eigenvalue weighted by molar-refractivity contribution is 5.19. The van der Waals surface area contributed by atoms with E-state index in [1.807, 2.05) is 13.8 Å². The molecular formula is C13H16F2N4. The molecule has 1 heterocycles. The maximum absolute atomic E-state index is 13.5. The van der Waals surface area contributed by atoms with Gasteiger partial charge in [-0.15, -0.1) is 5.10 Å². The average Bonchev–Trinajstić information content (AvgIpc) is 2.80. The molecule has 102 valence electrons. The zero-order chi connectivity index (χ0) is 13.8. The van der Waals surface area contributed by atoms with Crippen LogP contribution in [0.2, 0.25) is 0 Å². The van der Waals surface area contributed by atoms with Gasteiger partial charge in [0.2, 0.25) is 0 Å². The van der Waals surface area contributed by atoms with Gasteiger partial charge < -0.3 is 5.32 Å². The van der Waals surface area contributed by atoms with E-state index >= 15 is 0 Å². The molecule has 1 N–H and O–H groups in total. The summed E-state index contributed by atoms with van der Waals surface area (Å²) in [7, 11) is 0. The molecule has 0 aliphatic rings. The van der Waals surface area contributed by atoms with Gasteiger partial charge in [0.25, 0.3) is 0 Å². The smallest absolute Gasteiger partial charge is 0.163 e. The molecule has 2 aromatic rings. The van der Waals surface area contributed by atoms with Crippen LogP contribution in [0.15, 0.2) is 24.4 Å². The van der Waals surface area contributed by atoms with Crippen molar-refractivity contribution in [3.8, 4) is 0 Å². The van der Waals surface area contributed by atoms with Crippen molar-refractivity contribution < 1.29 is 8.78 Å². The van der Waals surface area contributed by atoms with Gasteiger partial charge in [-0.25, -0.2) is 13.5 Å². The molecule has 2 rings (SSSR count). The number of hydrogen-bond acceptors (Lipinski definition) is 3. The van der Waals surface area contributed by atoms with Crippen LogP contribution in [-0.2, 0) is 13.1 Å². The van der Waals surface area contributed by atoms with E-state index in [9.17, 15) is 8.78 Å². The Morgan fingerprint density at radius 3 is 2.84 bits per heavy atom. The Kier molecular flexibility index (Phi) is 4.21. The van der Waals surface area contributed by atoms with E-state index < -0.39 is 11.6 Å². The van der Waals surface area contributed by atoms with Crippen LogP contribution in [0, 0.1) is 11.6 Å². The van der Waals surface area contributed by atoms with Gasteiger partial charge in [-0.2, -0.15) is 0 Å². The third kappa shape index (κ3) is 3.57. The molecule has 0 radical (unpaired) electrons. The predicted molar refractivity (Wildman–Crippen MR) is 67.5 cm³/mol. The third-order valence-corrected chi connectivity index (χ3v) is 2.64. The highest BCUT2D eigenvalue weighted by atomic mass is 19.2. The van der Waals surface area contributed by atoms with Crippen LogP contribution in [0.1, 0.15) is 25.1 Å². The standard InChI is InChI=1S/C13H16F2N4/c1-9(2)16-6-11-8-19(18-17-11)7-10-4-3-5-12(14)13(10)15/h3-5,8-9,16H,6-7H2,1-2H3. The van der Waals surface area contributed by atoms with Crippen molar-refractivity contribution in [3.63, 3.8) is 0 Å². The fraction of sp³-hybridized carbons (Fsp3) is 0.385. The van der Waals surface area contributed by atoms with Crippen molar-refractivity contribution in [2.24, 2.45) is 0 Å². The van der Waals surface area contributed by atoms with E-state index in [4.69, 9.17) is 0 Å². The fourth-order valence-electron chi connectivity index (χ4n) is 1.65. The first-order chi connectivity index (χ1) is 9.06. The number of halogens is 2. The summed E-state index contributed by atoms with van der Waals surface area (Å²) >= 11 is 0. The molecular weight excluding hydrogens is 250 g/mol. The van der Waals surface area contributed by atoms with Crippen molar-refractivity contribution in [3.05, 3.63) is 47.3 Å². The summed E-state index contributed by atoms with van der Waals surface area (Å²) in [4.78, 5) is 0. The second-order valence-corrected chi connectivity index (χ2v) is 4.66. The SMILES string of the molecule is CC(C)NCc1cn(Cc2cccc(F)c2F)nn1. The van der Waals surface area contributed by atoms with Crippen molar-refractivity contribution in [1.29, 1.82) is 0 Å². The van der Waals surface area contributed by atoms with E-state index in [1.165, 1.54) is 16.8 Å². The molecule has 6 heteroatoms. The van der Waals surface area contributed by atoms with Crippen LogP contribution >= 0.6 is 0 Å². The second-order valence-electron chi connectivity index (χ2n) is 4.66. The summed E-state index contributed by atoms with van der Waals surface area (Å²) in [6.45, 7) is 4.83. The van der Waals surface area contributed by atoms with Gasteiger partial charge in [0.15, 0.2) is 11.6 Å². The molecule has 1 aromatic carbocycles. The molecule has 1 aromatic heterocycles. The van der Waals surface area contributed by atoms with Crippen LogP contribution < -0.4 is 5.32 Å². The highest BCUT2D eigenvalue weighted by Gasteiger charge is 2.09. The molecule has 0 fully saturated rings. The quantitative estimate of drug-likeness (QED) is 0.901. The fourth-order valence-corrected chi connectivity index (χ4v) is 1.65. The van der Waals surface area contributed by atoms with Gasteiger partial charge in [-0.05, 0) is 6.07 Å². The van der Waals surface area contributed by atoms with Crippen LogP contribution in [0.5, 0.6) is 0 Å². The van der Waals surface area contributed by atoms with Gasteiger partial charge in [0, 0.05) is 18.2 Å². The maximum atomic E-state index is 13.5. The number of nitrogens with one attached hydrogen (secondary N) is 1. The van der Waals surface area contributed by atoms with E-state index in [1.54, 1.807) is 6.20 Å². The van der Waals surface area contributed by atoms with Gasteiger partial charge in [0.05, 0.1) is 18.4 Å². The molecule has 0 atom stereocenters. The topological polar surface area (TPSA) is 42.7 Å². The molecule has 0 bridgehead atoms. The summed E-state index contributed by atoms with van der Waals surface area (Å²) < 4.78 is 28.1. The third-order valence-electron chi connectivity index (χ3n) is 2.64. The maximum Gasteiger partial charge on any atom is 0.163 e. The summed E-state index contributed by atoms with van der Waals surface area (Å²) in [6, 6.07) is 4.46. The van der Waals surface area contributed by atoms with Crippen molar-refractivity contribution in [2.45, 2.75) is 33.0 Å². The molecule has 0 unspecified atom stereocenters. The summed E-state index contributed by atoms with van der Waals surface area (Å²) in [5.74, 6) is -1.68. The van der Waals surface area contributed by atoms with Gasteiger partial charge in [-0.3, -0.25) is 0 Å². The highest BCUT2D eigenvalue weighted by Crippen LogP contribution is 2.12. The minimum absolute atomic E-state index is 0.165. The molecule has 0 amide bonds. The Balaban J connectivity index is 2.05. The zero-order valence-corrected chi connectivity index (χ0v) is 10.9. The normalized spacial score (nSPS) is 11.2. The van der Waals surface area contributed by atoms with Gasteiger partial charge in [-0.1, -0.05) is 31.2 Å². The van der Waals surface area contributed by atoms with E-state index in [0.29, 0.717) is 12.6 Å². The van der Waals surface area contributed by atoms with Gasteiger partial charge in [0.1, 0.15) is 0 Å². The monoisotopic (exact) mass is 266 g/mol. The van der Waals surface area contributed by atoms with Crippen LogP contribution in [0.3, 0.4) is 0 Å². The van der Waals surface area contributed by atoms with Crippen molar-refractivity contribution >= 4 is 0 Å². The first kappa shape index (κ1) is 13.6. The Hall–Kier alpha value is -1.82. The lowest BCUT2D eigenvalue weighted by atomic mass is 10.2. The molecule has 4 nitrogen and oxygen atoms in total. The lowest BCUT2D eigenvalue weighted by Gasteiger charge is -2.04. The largest absolute Gasteiger partial charge is 0.309 e. The minimum Gasteiger partial charge on any atom is -0.309 e. The Morgan fingerprint density at radius 1 is 1.32 bits per heavy atom. The van der Waals surface area contributed by atoms with Crippen LogP contribution in [-0.4, -0.2) is 21.0 Å². The predicted octanol–water partition coefficient (Wildman–Crippen LogP) is 2.10. The first-order valence-corrected chi connectivity index (χ1v) is 6.11. The first-order valence-electron chi connectivity index (χ1n) is 6.11. The second kappa shape index (κ2) is 5.88. The zero-order valence-electron chi connectivity index (χ0n) is 10.9.